The van der Waals surface area contributed by atoms with Gasteiger partial charge in [0, 0.05) is 17.2 Å². The number of hydrogen-bond acceptors (Lipinski definition) is 7. The molecule has 0 aliphatic carbocycles. The smallest absolute Gasteiger partial charge is 0.347 e. The molecule has 1 N–H and O–H groups in total. The minimum atomic E-state index is -0.898. The van der Waals surface area contributed by atoms with Gasteiger partial charge in [-0.2, -0.15) is 0 Å². The summed E-state index contributed by atoms with van der Waals surface area (Å²) in [5.41, 5.74) is 2.21. The quantitative estimate of drug-likeness (QED) is 0.325. The van der Waals surface area contributed by atoms with Crippen LogP contribution < -0.4 is 15.0 Å². The van der Waals surface area contributed by atoms with Gasteiger partial charge in [0.1, 0.15) is 17.2 Å². The molecular weight excluding hydrogens is 462 g/mol. The molecule has 36 heavy (non-hydrogen) atoms. The average Bonchev–Trinajstić information content (AvgIpc) is 2.90. The highest BCUT2D eigenvalue weighted by Gasteiger charge is 2.27. The lowest BCUT2D eigenvalue weighted by Gasteiger charge is -2.21. The van der Waals surface area contributed by atoms with Crippen LogP contribution in [0.25, 0.3) is 17.3 Å². The minimum absolute atomic E-state index is 0.0879. The molecule has 190 valence electrons. The second-order valence-corrected chi connectivity index (χ2v) is 7.85. The van der Waals surface area contributed by atoms with Crippen molar-refractivity contribution >= 4 is 12.0 Å². The van der Waals surface area contributed by atoms with Gasteiger partial charge in [0.05, 0.1) is 46.4 Å². The lowest BCUT2D eigenvalue weighted by atomic mass is 9.98. The monoisotopic (exact) mass is 493 g/mol. The molecule has 3 aromatic rings. The van der Waals surface area contributed by atoms with E-state index < -0.39 is 17.1 Å². The fraction of sp³-hybridized carbons (Fsp3) is 0.286. The van der Waals surface area contributed by atoms with Crippen LogP contribution in [0, 0.1) is 0 Å². The Morgan fingerprint density at radius 2 is 1.75 bits per heavy atom. The number of hydrogen-bond donors (Lipinski definition) is 1. The van der Waals surface area contributed by atoms with Crippen LogP contribution >= 0.6 is 0 Å². The Labute approximate surface area is 210 Å². The van der Waals surface area contributed by atoms with E-state index in [0.717, 1.165) is 5.56 Å². The maximum absolute atomic E-state index is 13.6. The van der Waals surface area contributed by atoms with Crippen molar-refractivity contribution in [3.8, 4) is 28.5 Å². The second-order valence-electron chi connectivity index (χ2n) is 7.85. The number of methoxy groups -OCH3 is 3. The summed E-state index contributed by atoms with van der Waals surface area (Å²) < 4.78 is 22.4. The van der Waals surface area contributed by atoms with E-state index in [-0.39, 0.29) is 12.3 Å². The third kappa shape index (κ3) is 5.38. The van der Waals surface area contributed by atoms with Crippen LogP contribution in [0.1, 0.15) is 40.9 Å². The zero-order valence-electron chi connectivity index (χ0n) is 21.2. The highest BCUT2D eigenvalue weighted by atomic mass is 16.5. The SMILES string of the molecule is CCOC=Cc1ccc(-c2c(CC)c(O)c(C(=O)OC)c(=O)n2Cc2ccc(OC)cc2OC)cc1. The summed E-state index contributed by atoms with van der Waals surface area (Å²) in [6.45, 7) is 4.41. The zero-order chi connectivity index (χ0) is 26.2. The van der Waals surface area contributed by atoms with Crippen molar-refractivity contribution in [1.82, 2.24) is 4.57 Å². The number of ether oxygens (including phenoxy) is 4. The van der Waals surface area contributed by atoms with E-state index in [4.69, 9.17) is 18.9 Å². The molecule has 8 heteroatoms. The summed E-state index contributed by atoms with van der Waals surface area (Å²) in [6, 6.07) is 12.8. The summed E-state index contributed by atoms with van der Waals surface area (Å²) in [5.74, 6) is -0.142. The van der Waals surface area contributed by atoms with E-state index >= 15 is 0 Å². The Kier molecular flexibility index (Phi) is 8.78. The molecule has 0 bridgehead atoms. The normalized spacial score (nSPS) is 10.9. The fourth-order valence-corrected chi connectivity index (χ4v) is 3.99. The maximum atomic E-state index is 13.6. The highest BCUT2D eigenvalue weighted by molar-refractivity contribution is 5.93. The number of carbonyl (C=O) groups excluding carboxylic acids is 1. The van der Waals surface area contributed by atoms with Gasteiger partial charge in [-0.25, -0.2) is 4.79 Å². The first-order chi connectivity index (χ1) is 17.4. The van der Waals surface area contributed by atoms with Crippen LogP contribution in [0.3, 0.4) is 0 Å². The lowest BCUT2D eigenvalue weighted by Crippen LogP contribution is -2.30. The van der Waals surface area contributed by atoms with Crippen molar-refractivity contribution in [3.63, 3.8) is 0 Å². The number of aromatic hydroxyl groups is 1. The van der Waals surface area contributed by atoms with Crippen molar-refractivity contribution in [3.05, 3.63) is 81.3 Å². The molecule has 0 aliphatic heterocycles. The van der Waals surface area contributed by atoms with Gasteiger partial charge in [-0.15, -0.1) is 0 Å². The first-order valence-corrected chi connectivity index (χ1v) is 11.6. The van der Waals surface area contributed by atoms with Crippen LogP contribution in [0.15, 0.2) is 53.5 Å². The van der Waals surface area contributed by atoms with Crippen LogP contribution in [0.2, 0.25) is 0 Å². The largest absolute Gasteiger partial charge is 0.506 e. The van der Waals surface area contributed by atoms with Gasteiger partial charge in [-0.05, 0) is 42.7 Å². The summed E-state index contributed by atoms with van der Waals surface area (Å²) in [6.07, 6.45) is 3.83. The molecule has 0 radical (unpaired) electrons. The number of aromatic nitrogens is 1. The number of carbonyl (C=O) groups is 1. The molecule has 0 spiro atoms. The predicted octanol–water partition coefficient (Wildman–Crippen LogP) is 4.64. The maximum Gasteiger partial charge on any atom is 0.347 e. The van der Waals surface area contributed by atoms with E-state index in [9.17, 15) is 14.7 Å². The van der Waals surface area contributed by atoms with Crippen LogP contribution in [-0.4, -0.2) is 43.6 Å². The van der Waals surface area contributed by atoms with Gasteiger partial charge < -0.3 is 28.6 Å². The topological polar surface area (TPSA) is 96.2 Å². The predicted molar refractivity (Wildman–Crippen MR) is 138 cm³/mol. The van der Waals surface area contributed by atoms with E-state index in [1.54, 1.807) is 31.6 Å². The van der Waals surface area contributed by atoms with E-state index in [1.165, 1.54) is 18.8 Å². The Morgan fingerprint density at radius 1 is 1.03 bits per heavy atom. The van der Waals surface area contributed by atoms with E-state index in [2.05, 4.69) is 0 Å². The Bertz CT molecular complexity index is 1310. The van der Waals surface area contributed by atoms with Crippen LogP contribution in [0.5, 0.6) is 17.2 Å². The third-order valence-corrected chi connectivity index (χ3v) is 5.81. The van der Waals surface area contributed by atoms with E-state index in [1.807, 2.05) is 44.2 Å². The fourth-order valence-electron chi connectivity index (χ4n) is 3.99. The van der Waals surface area contributed by atoms with Crippen molar-refractivity contribution < 1.29 is 28.8 Å². The number of rotatable bonds is 10. The molecule has 0 atom stereocenters. The molecule has 1 heterocycles. The molecule has 0 saturated heterocycles. The summed E-state index contributed by atoms with van der Waals surface area (Å²) in [7, 11) is 4.26. The molecule has 0 amide bonds. The van der Waals surface area contributed by atoms with Crippen LogP contribution in [0.4, 0.5) is 0 Å². The summed E-state index contributed by atoms with van der Waals surface area (Å²) in [5, 5.41) is 11.0. The minimum Gasteiger partial charge on any atom is -0.506 e. The van der Waals surface area contributed by atoms with Gasteiger partial charge >= 0.3 is 5.97 Å². The highest BCUT2D eigenvalue weighted by Crippen LogP contribution is 2.34. The molecule has 0 fully saturated rings. The zero-order valence-corrected chi connectivity index (χ0v) is 21.2. The molecular formula is C28H31NO7. The van der Waals surface area contributed by atoms with Crippen molar-refractivity contribution in [2.24, 2.45) is 0 Å². The van der Waals surface area contributed by atoms with Gasteiger partial charge in [-0.3, -0.25) is 4.79 Å². The van der Waals surface area contributed by atoms with Gasteiger partial charge in [0.15, 0.2) is 5.56 Å². The van der Waals surface area contributed by atoms with Crippen molar-refractivity contribution in [2.75, 3.05) is 27.9 Å². The first kappa shape index (κ1) is 26.4. The molecule has 0 saturated carbocycles. The Balaban J connectivity index is 2.27. The first-order valence-electron chi connectivity index (χ1n) is 11.6. The molecule has 3 rings (SSSR count). The Hall–Kier alpha value is -4.20. The molecule has 1 aromatic heterocycles. The number of nitrogens with zero attached hydrogens (tertiary/aromatic N) is 1. The lowest BCUT2D eigenvalue weighted by molar-refractivity contribution is 0.0594. The Morgan fingerprint density at radius 3 is 2.33 bits per heavy atom. The number of benzene rings is 2. The molecule has 2 aromatic carbocycles. The van der Waals surface area contributed by atoms with Gasteiger partial charge in [0.2, 0.25) is 0 Å². The number of esters is 1. The van der Waals surface area contributed by atoms with Crippen molar-refractivity contribution in [2.45, 2.75) is 26.8 Å². The van der Waals surface area contributed by atoms with E-state index in [0.29, 0.717) is 46.9 Å². The third-order valence-electron chi connectivity index (χ3n) is 5.81. The number of pyridine rings is 1. The standard InChI is InChI=1S/C28H31NO7/c1-6-22-25(19-10-8-18(9-11-19)14-15-36-7-2)29(27(31)24(26(22)30)28(32)35-5)17-20-12-13-21(33-3)16-23(20)34-4/h8-16,30H,6-7,17H2,1-5H3. The van der Waals surface area contributed by atoms with Gasteiger partial charge in [-0.1, -0.05) is 31.2 Å². The average molecular weight is 494 g/mol. The second kappa shape index (κ2) is 12.0. The molecule has 8 nitrogen and oxygen atoms in total. The summed E-state index contributed by atoms with van der Waals surface area (Å²) in [4.78, 5) is 26.1. The molecule has 0 unspecified atom stereocenters. The summed E-state index contributed by atoms with van der Waals surface area (Å²) >= 11 is 0. The molecule has 0 aliphatic rings. The van der Waals surface area contributed by atoms with Gasteiger partial charge in [0.25, 0.3) is 5.56 Å². The van der Waals surface area contributed by atoms with Crippen molar-refractivity contribution in [1.29, 1.82) is 0 Å². The van der Waals surface area contributed by atoms with Crippen LogP contribution in [-0.2, 0) is 22.4 Å².